The normalized spacial score (nSPS) is 9.56. The van der Waals surface area contributed by atoms with Crippen LogP contribution in [0.25, 0.3) is 0 Å². The lowest BCUT2D eigenvalue weighted by molar-refractivity contribution is 1.65. The molecule has 44 valence electrons. The first-order valence-corrected chi connectivity index (χ1v) is 3.98. The van der Waals surface area contributed by atoms with E-state index in [4.69, 9.17) is 7.85 Å². The molecule has 0 heterocycles. The Labute approximate surface area is 72.3 Å². The van der Waals surface area contributed by atoms with Gasteiger partial charge in [0.05, 0.1) is 0 Å². The van der Waals surface area contributed by atoms with Crippen LogP contribution in [0.4, 0.5) is 0 Å². The highest BCUT2D eigenvalue weighted by Crippen LogP contribution is 2.14. The fraction of sp³-hybridized carbons (Fsp3) is 0. The van der Waals surface area contributed by atoms with Crippen molar-refractivity contribution in [2.24, 2.45) is 0 Å². The molecule has 0 saturated carbocycles. The summed E-state index contributed by atoms with van der Waals surface area (Å²) in [5.41, 5.74) is 0.760. The summed E-state index contributed by atoms with van der Waals surface area (Å²) in [6.07, 6.45) is 0. The summed E-state index contributed by atoms with van der Waals surface area (Å²) < 4.78 is 1.99. The van der Waals surface area contributed by atoms with Gasteiger partial charge in [0.25, 0.3) is 0 Å². The fourth-order valence-electron chi connectivity index (χ4n) is 0.575. The minimum atomic E-state index is 0.760. The molecule has 1 rings (SSSR count). The van der Waals surface area contributed by atoms with Crippen LogP contribution in [-0.4, -0.2) is 7.85 Å². The van der Waals surface area contributed by atoms with Crippen LogP contribution in [-0.2, 0) is 0 Å². The highest BCUT2D eigenvalue weighted by Gasteiger charge is 1.89. The van der Waals surface area contributed by atoms with Crippen molar-refractivity contribution in [3.63, 3.8) is 0 Å². The van der Waals surface area contributed by atoms with E-state index in [-0.39, 0.29) is 0 Å². The molecule has 0 atom stereocenters. The minimum absolute atomic E-state index is 0.760. The second-order valence-electron chi connectivity index (χ2n) is 1.70. The molecule has 0 fully saturated rings. The quantitative estimate of drug-likeness (QED) is 0.614. The van der Waals surface area contributed by atoms with E-state index in [1.807, 2.05) is 18.2 Å². The molecule has 0 aliphatic rings. The van der Waals surface area contributed by atoms with E-state index in [9.17, 15) is 0 Å². The maximum atomic E-state index is 5.50. The van der Waals surface area contributed by atoms with E-state index in [0.29, 0.717) is 0 Å². The van der Waals surface area contributed by atoms with Gasteiger partial charge in [0.1, 0.15) is 7.85 Å². The van der Waals surface area contributed by atoms with Crippen LogP contribution >= 0.6 is 31.9 Å². The molecular formula is C6H3BBr2. The minimum Gasteiger partial charge on any atom is -0.0945 e. The standard InChI is InChI=1S/C6H3BBr2/c7-4-1-5(8)3-6(9)2-4/h1-3H. The lowest BCUT2D eigenvalue weighted by Gasteiger charge is -1.94. The van der Waals surface area contributed by atoms with Gasteiger partial charge in [-0.3, -0.25) is 0 Å². The van der Waals surface area contributed by atoms with Gasteiger partial charge in [-0.15, -0.1) is 0 Å². The largest absolute Gasteiger partial charge is 0.113 e. The average molecular weight is 246 g/mol. The van der Waals surface area contributed by atoms with Crippen LogP contribution in [0.5, 0.6) is 0 Å². The molecule has 0 N–H and O–H groups in total. The topological polar surface area (TPSA) is 0 Å². The molecule has 1 aromatic carbocycles. The number of hydrogen-bond donors (Lipinski definition) is 0. The van der Waals surface area contributed by atoms with Crippen LogP contribution in [0.15, 0.2) is 27.1 Å². The zero-order valence-electron chi connectivity index (χ0n) is 4.57. The Bertz CT molecular complexity index is 172. The van der Waals surface area contributed by atoms with E-state index in [0.717, 1.165) is 14.4 Å². The summed E-state index contributed by atoms with van der Waals surface area (Å²) in [4.78, 5) is 0. The number of halogens is 2. The fourth-order valence-corrected chi connectivity index (χ4v) is 1.90. The van der Waals surface area contributed by atoms with Crippen molar-refractivity contribution in [3.8, 4) is 0 Å². The number of hydrogen-bond acceptors (Lipinski definition) is 0. The Morgan fingerprint density at radius 2 is 1.44 bits per heavy atom. The van der Waals surface area contributed by atoms with Gasteiger partial charge in [0.15, 0.2) is 0 Å². The maximum absolute atomic E-state index is 5.50. The Kier molecular flexibility index (Phi) is 2.36. The smallest absolute Gasteiger partial charge is 0.0945 e. The molecule has 0 nitrogen and oxygen atoms in total. The van der Waals surface area contributed by atoms with Crippen molar-refractivity contribution in [1.29, 1.82) is 0 Å². The third kappa shape index (κ3) is 2.14. The first-order chi connectivity index (χ1) is 4.18. The van der Waals surface area contributed by atoms with Crippen LogP contribution in [0.3, 0.4) is 0 Å². The van der Waals surface area contributed by atoms with Gasteiger partial charge < -0.3 is 0 Å². The molecule has 0 aliphatic carbocycles. The molecule has 0 spiro atoms. The van der Waals surface area contributed by atoms with E-state index in [1.54, 1.807) is 0 Å². The molecule has 2 radical (unpaired) electrons. The molecule has 0 aromatic heterocycles. The van der Waals surface area contributed by atoms with Crippen molar-refractivity contribution >= 4 is 45.2 Å². The molecule has 0 bridgehead atoms. The second kappa shape index (κ2) is 2.89. The Morgan fingerprint density at radius 1 is 1.00 bits per heavy atom. The number of benzene rings is 1. The second-order valence-corrected chi connectivity index (χ2v) is 3.53. The van der Waals surface area contributed by atoms with Gasteiger partial charge in [-0.25, -0.2) is 0 Å². The molecule has 0 saturated heterocycles. The van der Waals surface area contributed by atoms with E-state index < -0.39 is 0 Å². The molecule has 1 aromatic rings. The first kappa shape index (κ1) is 7.35. The van der Waals surface area contributed by atoms with Gasteiger partial charge in [-0.05, 0) is 6.07 Å². The molecular weight excluding hydrogens is 243 g/mol. The highest BCUT2D eigenvalue weighted by molar-refractivity contribution is 9.11. The van der Waals surface area contributed by atoms with Crippen LogP contribution < -0.4 is 5.46 Å². The molecule has 0 unspecified atom stereocenters. The average Bonchev–Trinajstić information content (AvgIpc) is 1.59. The highest BCUT2D eigenvalue weighted by atomic mass is 79.9. The van der Waals surface area contributed by atoms with Gasteiger partial charge in [-0.1, -0.05) is 49.5 Å². The van der Waals surface area contributed by atoms with E-state index in [2.05, 4.69) is 31.9 Å². The lowest BCUT2D eigenvalue weighted by Crippen LogP contribution is -1.99. The summed E-state index contributed by atoms with van der Waals surface area (Å²) in [6.45, 7) is 0. The van der Waals surface area contributed by atoms with Gasteiger partial charge >= 0.3 is 0 Å². The lowest BCUT2D eigenvalue weighted by atomic mass is 9.97. The molecule has 9 heavy (non-hydrogen) atoms. The summed E-state index contributed by atoms with van der Waals surface area (Å²) >= 11 is 6.61. The third-order valence-electron chi connectivity index (χ3n) is 0.885. The summed E-state index contributed by atoms with van der Waals surface area (Å²) in [5.74, 6) is 0. The zero-order valence-corrected chi connectivity index (χ0v) is 7.74. The third-order valence-corrected chi connectivity index (χ3v) is 1.80. The summed E-state index contributed by atoms with van der Waals surface area (Å²) in [5, 5.41) is 0. The van der Waals surface area contributed by atoms with Crippen LogP contribution in [0.2, 0.25) is 0 Å². The zero-order chi connectivity index (χ0) is 6.85. The SMILES string of the molecule is [B]c1cc(Br)cc(Br)c1. The Morgan fingerprint density at radius 3 is 1.78 bits per heavy atom. The van der Waals surface area contributed by atoms with Crippen molar-refractivity contribution < 1.29 is 0 Å². The summed E-state index contributed by atoms with van der Waals surface area (Å²) in [7, 11) is 5.50. The van der Waals surface area contributed by atoms with Crippen LogP contribution in [0, 0.1) is 0 Å². The molecule has 0 amide bonds. The van der Waals surface area contributed by atoms with Crippen molar-refractivity contribution in [3.05, 3.63) is 27.1 Å². The summed E-state index contributed by atoms with van der Waals surface area (Å²) in [6, 6.07) is 5.64. The predicted octanol–water partition coefficient (Wildman–Crippen LogP) is 2.01. The van der Waals surface area contributed by atoms with Crippen molar-refractivity contribution in [2.75, 3.05) is 0 Å². The van der Waals surface area contributed by atoms with E-state index >= 15 is 0 Å². The number of rotatable bonds is 0. The van der Waals surface area contributed by atoms with Crippen LogP contribution in [0.1, 0.15) is 0 Å². The Balaban J connectivity index is 3.17. The van der Waals surface area contributed by atoms with Crippen molar-refractivity contribution in [1.82, 2.24) is 0 Å². The van der Waals surface area contributed by atoms with Crippen molar-refractivity contribution in [2.45, 2.75) is 0 Å². The predicted molar refractivity (Wildman–Crippen MR) is 47.2 cm³/mol. The maximum Gasteiger partial charge on any atom is 0.113 e. The van der Waals surface area contributed by atoms with Gasteiger partial charge in [-0.2, -0.15) is 0 Å². The van der Waals surface area contributed by atoms with Gasteiger partial charge in [0, 0.05) is 8.95 Å². The van der Waals surface area contributed by atoms with Gasteiger partial charge in [0.2, 0.25) is 0 Å². The van der Waals surface area contributed by atoms with E-state index in [1.165, 1.54) is 0 Å². The molecule has 3 heteroatoms. The monoisotopic (exact) mass is 244 g/mol. The first-order valence-electron chi connectivity index (χ1n) is 2.40. The molecule has 0 aliphatic heterocycles. The Hall–Kier alpha value is 0.245.